The maximum Gasteiger partial charge on any atom is 0.338 e. The van der Waals surface area contributed by atoms with Gasteiger partial charge in [0.15, 0.2) is 12.4 Å². The fourth-order valence-corrected chi connectivity index (χ4v) is 4.70. The van der Waals surface area contributed by atoms with Gasteiger partial charge in [-0.2, -0.15) is 0 Å². The SMILES string of the molecule is CCOC(=O)C1CCCN(C2CC(=O)N(c3ccc(C(=O)OCC(=O)c4ccc(C)cc4)cc3)C2=O)C1. The van der Waals surface area contributed by atoms with Gasteiger partial charge >= 0.3 is 11.9 Å². The number of piperidine rings is 1. The number of hydrogen-bond acceptors (Lipinski definition) is 8. The molecule has 37 heavy (non-hydrogen) atoms. The molecule has 0 spiro atoms. The van der Waals surface area contributed by atoms with E-state index in [2.05, 4.69) is 0 Å². The smallest absolute Gasteiger partial charge is 0.338 e. The predicted molar refractivity (Wildman–Crippen MR) is 134 cm³/mol. The Kier molecular flexibility index (Phi) is 8.13. The third-order valence-electron chi connectivity index (χ3n) is 6.71. The lowest BCUT2D eigenvalue weighted by atomic mass is 9.96. The van der Waals surface area contributed by atoms with Crippen LogP contribution in [-0.2, 0) is 23.9 Å². The number of esters is 2. The summed E-state index contributed by atoms with van der Waals surface area (Å²) in [5.74, 6) is -2.27. The molecule has 194 valence electrons. The number of hydrogen-bond donors (Lipinski definition) is 0. The number of aryl methyl sites for hydroxylation is 1. The Morgan fingerprint density at radius 1 is 0.946 bits per heavy atom. The zero-order valence-corrected chi connectivity index (χ0v) is 21.0. The molecule has 0 N–H and O–H groups in total. The minimum absolute atomic E-state index is 0.0271. The van der Waals surface area contributed by atoms with Crippen LogP contribution in [0.25, 0.3) is 0 Å². The van der Waals surface area contributed by atoms with Crippen LogP contribution in [-0.4, -0.2) is 66.8 Å². The van der Waals surface area contributed by atoms with Crippen molar-refractivity contribution in [3.8, 4) is 0 Å². The van der Waals surface area contributed by atoms with Gasteiger partial charge in [0.2, 0.25) is 5.91 Å². The average molecular weight is 507 g/mol. The Labute approximate surface area is 215 Å². The van der Waals surface area contributed by atoms with Gasteiger partial charge in [-0.05, 0) is 57.5 Å². The van der Waals surface area contributed by atoms with Crippen LogP contribution >= 0.6 is 0 Å². The number of imide groups is 1. The molecule has 0 saturated carbocycles. The van der Waals surface area contributed by atoms with E-state index in [9.17, 15) is 24.0 Å². The summed E-state index contributed by atoms with van der Waals surface area (Å²) < 4.78 is 10.3. The van der Waals surface area contributed by atoms with Crippen molar-refractivity contribution in [1.82, 2.24) is 4.90 Å². The molecule has 0 bridgehead atoms. The second kappa shape index (κ2) is 11.5. The molecular weight excluding hydrogens is 476 g/mol. The third-order valence-corrected chi connectivity index (χ3v) is 6.71. The van der Waals surface area contributed by atoms with Crippen molar-refractivity contribution >= 4 is 35.2 Å². The van der Waals surface area contributed by atoms with E-state index in [-0.39, 0.29) is 41.5 Å². The van der Waals surface area contributed by atoms with Crippen LogP contribution in [0.15, 0.2) is 48.5 Å². The number of carbonyl (C=O) groups excluding carboxylic acids is 5. The minimum atomic E-state index is -0.678. The lowest BCUT2D eigenvalue weighted by Gasteiger charge is -2.34. The molecule has 2 atom stereocenters. The topological polar surface area (TPSA) is 110 Å². The maximum absolute atomic E-state index is 13.2. The highest BCUT2D eigenvalue weighted by molar-refractivity contribution is 6.22. The van der Waals surface area contributed by atoms with Gasteiger partial charge in [0.1, 0.15) is 0 Å². The minimum Gasteiger partial charge on any atom is -0.466 e. The highest BCUT2D eigenvalue weighted by atomic mass is 16.5. The zero-order valence-electron chi connectivity index (χ0n) is 21.0. The molecule has 2 fully saturated rings. The second-order valence-electron chi connectivity index (χ2n) is 9.29. The number of carbonyl (C=O) groups is 5. The molecule has 4 rings (SSSR count). The summed E-state index contributed by atoms with van der Waals surface area (Å²) in [6, 6.07) is 12.3. The van der Waals surface area contributed by atoms with Crippen molar-refractivity contribution in [3.05, 3.63) is 65.2 Å². The number of benzene rings is 2. The fraction of sp³-hybridized carbons (Fsp3) is 0.393. The molecule has 2 aromatic carbocycles. The lowest BCUT2D eigenvalue weighted by molar-refractivity contribution is -0.150. The number of anilines is 1. The van der Waals surface area contributed by atoms with Crippen molar-refractivity contribution < 1.29 is 33.4 Å². The Hall–Kier alpha value is -3.85. The van der Waals surface area contributed by atoms with E-state index < -0.39 is 18.6 Å². The monoisotopic (exact) mass is 506 g/mol. The normalized spacial score (nSPS) is 20.1. The maximum atomic E-state index is 13.2. The van der Waals surface area contributed by atoms with E-state index in [0.29, 0.717) is 37.4 Å². The summed E-state index contributed by atoms with van der Waals surface area (Å²) >= 11 is 0. The van der Waals surface area contributed by atoms with E-state index in [1.54, 1.807) is 19.1 Å². The molecule has 2 amide bonds. The summed E-state index contributed by atoms with van der Waals surface area (Å²) in [5, 5.41) is 0. The largest absolute Gasteiger partial charge is 0.466 e. The molecule has 2 unspecified atom stereocenters. The Morgan fingerprint density at radius 3 is 2.30 bits per heavy atom. The molecule has 9 heteroatoms. The number of ether oxygens (including phenoxy) is 2. The van der Waals surface area contributed by atoms with Crippen LogP contribution in [0, 0.1) is 12.8 Å². The molecule has 9 nitrogen and oxygen atoms in total. The lowest BCUT2D eigenvalue weighted by Crippen LogP contribution is -2.48. The van der Waals surface area contributed by atoms with Gasteiger partial charge in [-0.25, -0.2) is 9.69 Å². The van der Waals surface area contributed by atoms with Gasteiger partial charge in [0.05, 0.1) is 36.2 Å². The average Bonchev–Trinajstić information content (AvgIpc) is 3.21. The first-order chi connectivity index (χ1) is 17.8. The third kappa shape index (κ3) is 5.94. The van der Waals surface area contributed by atoms with E-state index in [1.165, 1.54) is 24.3 Å². The van der Waals surface area contributed by atoms with Gasteiger partial charge in [-0.1, -0.05) is 29.8 Å². The first kappa shape index (κ1) is 26.2. The van der Waals surface area contributed by atoms with Gasteiger partial charge in [0, 0.05) is 12.1 Å². The zero-order chi connectivity index (χ0) is 26.5. The van der Waals surface area contributed by atoms with E-state index in [0.717, 1.165) is 16.9 Å². The molecule has 2 heterocycles. The van der Waals surface area contributed by atoms with Crippen molar-refractivity contribution in [3.63, 3.8) is 0 Å². The van der Waals surface area contributed by atoms with Crippen LogP contribution in [0.3, 0.4) is 0 Å². The fourth-order valence-electron chi connectivity index (χ4n) is 4.70. The molecule has 2 aromatic rings. The van der Waals surface area contributed by atoms with Gasteiger partial charge in [-0.15, -0.1) is 0 Å². The summed E-state index contributed by atoms with van der Waals surface area (Å²) in [7, 11) is 0. The number of rotatable bonds is 8. The quantitative estimate of drug-likeness (QED) is 0.305. The molecule has 2 saturated heterocycles. The van der Waals surface area contributed by atoms with Crippen molar-refractivity contribution in [2.24, 2.45) is 5.92 Å². The molecule has 0 radical (unpaired) electrons. The summed E-state index contributed by atoms with van der Waals surface area (Å²) in [5.41, 5.74) is 2.02. The van der Waals surface area contributed by atoms with Crippen LogP contribution in [0.4, 0.5) is 5.69 Å². The first-order valence-electron chi connectivity index (χ1n) is 12.4. The van der Waals surface area contributed by atoms with Gasteiger partial charge < -0.3 is 9.47 Å². The molecular formula is C28H30N2O7. The Morgan fingerprint density at radius 2 is 1.62 bits per heavy atom. The van der Waals surface area contributed by atoms with Crippen molar-refractivity contribution in [2.75, 3.05) is 31.2 Å². The van der Waals surface area contributed by atoms with Crippen molar-refractivity contribution in [1.29, 1.82) is 0 Å². The summed E-state index contributed by atoms with van der Waals surface area (Å²) in [4.78, 5) is 65.8. The second-order valence-corrected chi connectivity index (χ2v) is 9.29. The molecule has 0 aliphatic carbocycles. The van der Waals surface area contributed by atoms with E-state index >= 15 is 0 Å². The molecule has 0 aromatic heterocycles. The number of Topliss-reactive ketones (excluding diaryl/α,β-unsaturated/α-hetero) is 1. The van der Waals surface area contributed by atoms with Gasteiger partial charge in [0.25, 0.3) is 5.91 Å². The standard InChI is InChI=1S/C28H30N2O7/c1-3-36-28(35)21-5-4-14-29(16-21)23-15-25(32)30(26(23)33)22-12-10-20(11-13-22)27(34)37-17-24(31)19-8-6-18(2)7-9-19/h6-13,21,23H,3-5,14-17H2,1-2H3. The Balaban J connectivity index is 1.36. The predicted octanol–water partition coefficient (Wildman–Crippen LogP) is 2.94. The number of ketones is 1. The number of likely N-dealkylation sites (tertiary alicyclic amines) is 1. The first-order valence-corrected chi connectivity index (χ1v) is 12.4. The van der Waals surface area contributed by atoms with E-state index in [1.807, 2.05) is 24.0 Å². The van der Waals surface area contributed by atoms with E-state index in [4.69, 9.17) is 9.47 Å². The van der Waals surface area contributed by atoms with Crippen LogP contribution in [0.5, 0.6) is 0 Å². The van der Waals surface area contributed by atoms with Crippen LogP contribution < -0.4 is 4.90 Å². The number of nitrogens with zero attached hydrogens (tertiary/aromatic N) is 2. The Bertz CT molecular complexity index is 1190. The molecule has 2 aliphatic rings. The van der Waals surface area contributed by atoms with Gasteiger partial charge in [-0.3, -0.25) is 24.1 Å². The van der Waals surface area contributed by atoms with Crippen LogP contribution in [0.1, 0.15) is 52.5 Å². The summed E-state index contributed by atoms with van der Waals surface area (Å²) in [6.45, 7) is 4.58. The van der Waals surface area contributed by atoms with Crippen molar-refractivity contribution in [2.45, 2.75) is 39.2 Å². The number of amides is 2. The summed E-state index contributed by atoms with van der Waals surface area (Å²) in [6.07, 6.45) is 1.46. The highest BCUT2D eigenvalue weighted by Crippen LogP contribution is 2.29. The van der Waals surface area contributed by atoms with Crippen LogP contribution in [0.2, 0.25) is 0 Å². The molecule has 2 aliphatic heterocycles. The highest BCUT2D eigenvalue weighted by Gasteiger charge is 2.44.